The maximum atomic E-state index is 10.0. The van der Waals surface area contributed by atoms with Gasteiger partial charge in [0.25, 0.3) is 0 Å². The van der Waals surface area contributed by atoms with Crippen molar-refractivity contribution >= 4 is 11.6 Å². The molecule has 0 spiro atoms. The predicted octanol–water partition coefficient (Wildman–Crippen LogP) is 3.04. The van der Waals surface area contributed by atoms with E-state index in [2.05, 4.69) is 18.7 Å². The predicted molar refractivity (Wildman–Crippen MR) is 84.3 cm³/mol. The molecule has 3 N–H and O–H groups in total. The molecule has 2 atom stereocenters. The van der Waals surface area contributed by atoms with Crippen LogP contribution in [0.1, 0.15) is 32.3 Å². The van der Waals surface area contributed by atoms with E-state index in [-0.39, 0.29) is 5.54 Å². The number of piperidine rings is 1. The molecular formula is C16H25ClN2O. The summed E-state index contributed by atoms with van der Waals surface area (Å²) in [5.74, 6) is 1.02. The highest BCUT2D eigenvalue weighted by Crippen LogP contribution is 2.30. The molecule has 20 heavy (non-hydrogen) atoms. The third kappa shape index (κ3) is 3.46. The van der Waals surface area contributed by atoms with Crippen LogP contribution in [0.3, 0.4) is 0 Å². The van der Waals surface area contributed by atoms with Crippen LogP contribution in [0.4, 0.5) is 0 Å². The Bertz CT molecular complexity index is 466. The average Bonchev–Trinajstić information content (AvgIpc) is 2.43. The van der Waals surface area contributed by atoms with E-state index in [1.165, 1.54) is 12.8 Å². The highest BCUT2D eigenvalue weighted by atomic mass is 35.5. The van der Waals surface area contributed by atoms with Crippen LogP contribution >= 0.6 is 11.6 Å². The molecule has 0 amide bonds. The first kappa shape index (κ1) is 15.6. The fourth-order valence-electron chi connectivity index (χ4n) is 3.10. The summed E-state index contributed by atoms with van der Waals surface area (Å²) in [6, 6.07) is 5.22. The number of hydrogen-bond donors (Lipinski definition) is 2. The SMILES string of the molecule is CC1CCCN(C(C)(CN)Cc2cc(Cl)ccc2O)C1. The second-order valence-electron chi connectivity index (χ2n) is 6.34. The van der Waals surface area contributed by atoms with Gasteiger partial charge in [-0.15, -0.1) is 0 Å². The van der Waals surface area contributed by atoms with Crippen molar-refractivity contribution in [2.75, 3.05) is 19.6 Å². The molecule has 2 rings (SSSR count). The monoisotopic (exact) mass is 296 g/mol. The van der Waals surface area contributed by atoms with Crippen LogP contribution in [0.2, 0.25) is 5.02 Å². The number of nitrogens with two attached hydrogens (primary N) is 1. The molecule has 1 aromatic rings. The molecule has 1 aliphatic heterocycles. The summed E-state index contributed by atoms with van der Waals surface area (Å²) in [5, 5.41) is 10.7. The number of hydrogen-bond acceptors (Lipinski definition) is 3. The number of phenols is 1. The molecule has 1 aliphatic rings. The minimum absolute atomic E-state index is 0.128. The number of halogens is 1. The molecule has 2 unspecified atom stereocenters. The van der Waals surface area contributed by atoms with Crippen molar-refractivity contribution < 1.29 is 5.11 Å². The normalized spacial score (nSPS) is 23.5. The lowest BCUT2D eigenvalue weighted by molar-refractivity contribution is 0.0637. The molecule has 0 bridgehead atoms. The van der Waals surface area contributed by atoms with Gasteiger partial charge in [-0.25, -0.2) is 0 Å². The van der Waals surface area contributed by atoms with E-state index in [1.54, 1.807) is 12.1 Å². The van der Waals surface area contributed by atoms with Gasteiger partial charge in [0.05, 0.1) is 0 Å². The molecule has 1 aromatic carbocycles. The van der Waals surface area contributed by atoms with Crippen LogP contribution in [-0.2, 0) is 6.42 Å². The van der Waals surface area contributed by atoms with E-state index in [0.717, 1.165) is 25.1 Å². The van der Waals surface area contributed by atoms with E-state index in [4.69, 9.17) is 17.3 Å². The lowest BCUT2D eigenvalue weighted by Gasteiger charge is -2.45. The van der Waals surface area contributed by atoms with Crippen LogP contribution in [-0.4, -0.2) is 35.2 Å². The van der Waals surface area contributed by atoms with Crippen LogP contribution in [0, 0.1) is 5.92 Å². The second-order valence-corrected chi connectivity index (χ2v) is 6.78. The highest BCUT2D eigenvalue weighted by molar-refractivity contribution is 6.30. The third-order valence-electron chi connectivity index (χ3n) is 4.47. The molecule has 1 fully saturated rings. The van der Waals surface area contributed by atoms with Crippen molar-refractivity contribution in [3.8, 4) is 5.75 Å². The number of likely N-dealkylation sites (tertiary alicyclic amines) is 1. The average molecular weight is 297 g/mol. The maximum absolute atomic E-state index is 10.0. The van der Waals surface area contributed by atoms with Crippen molar-refractivity contribution in [2.24, 2.45) is 11.7 Å². The quantitative estimate of drug-likeness (QED) is 0.898. The summed E-state index contributed by atoms with van der Waals surface area (Å²) in [4.78, 5) is 2.47. The van der Waals surface area contributed by atoms with E-state index < -0.39 is 0 Å². The zero-order chi connectivity index (χ0) is 14.8. The molecule has 112 valence electrons. The Morgan fingerprint density at radius 1 is 1.50 bits per heavy atom. The minimum Gasteiger partial charge on any atom is -0.508 e. The minimum atomic E-state index is -0.128. The Kier molecular flexibility index (Phi) is 4.95. The number of rotatable bonds is 4. The van der Waals surface area contributed by atoms with Crippen molar-refractivity contribution in [2.45, 2.75) is 38.6 Å². The van der Waals surface area contributed by atoms with E-state index in [0.29, 0.717) is 23.2 Å². The summed E-state index contributed by atoms with van der Waals surface area (Å²) in [6.07, 6.45) is 3.24. The Hall–Kier alpha value is -0.770. The fraction of sp³-hybridized carbons (Fsp3) is 0.625. The first-order valence-corrected chi connectivity index (χ1v) is 7.75. The number of phenolic OH excluding ortho intramolecular Hbond substituents is 1. The summed E-state index contributed by atoms with van der Waals surface area (Å²) >= 11 is 6.04. The molecule has 0 aromatic heterocycles. The zero-order valence-corrected chi connectivity index (χ0v) is 13.2. The van der Waals surface area contributed by atoms with E-state index in [1.807, 2.05) is 6.07 Å². The summed E-state index contributed by atoms with van der Waals surface area (Å²) in [7, 11) is 0. The largest absolute Gasteiger partial charge is 0.508 e. The molecule has 0 saturated carbocycles. The van der Waals surface area contributed by atoms with Crippen molar-refractivity contribution in [3.05, 3.63) is 28.8 Å². The van der Waals surface area contributed by atoms with Crippen LogP contribution < -0.4 is 5.73 Å². The Labute approximate surface area is 126 Å². The first-order valence-electron chi connectivity index (χ1n) is 7.37. The van der Waals surface area contributed by atoms with Crippen LogP contribution in [0.5, 0.6) is 5.75 Å². The Balaban J connectivity index is 2.20. The van der Waals surface area contributed by atoms with Crippen molar-refractivity contribution in [1.82, 2.24) is 4.90 Å². The fourth-order valence-corrected chi connectivity index (χ4v) is 3.29. The molecule has 1 saturated heterocycles. The van der Waals surface area contributed by atoms with E-state index in [9.17, 15) is 5.11 Å². The van der Waals surface area contributed by atoms with E-state index >= 15 is 0 Å². The van der Waals surface area contributed by atoms with Crippen molar-refractivity contribution in [1.29, 1.82) is 0 Å². The zero-order valence-electron chi connectivity index (χ0n) is 12.4. The smallest absolute Gasteiger partial charge is 0.118 e. The van der Waals surface area contributed by atoms with Gasteiger partial charge in [-0.2, -0.15) is 0 Å². The Morgan fingerprint density at radius 3 is 2.90 bits per heavy atom. The molecule has 0 radical (unpaired) electrons. The van der Waals surface area contributed by atoms with Gasteiger partial charge < -0.3 is 10.8 Å². The maximum Gasteiger partial charge on any atom is 0.118 e. The van der Waals surface area contributed by atoms with Gasteiger partial charge in [-0.05, 0) is 62.4 Å². The molecule has 0 aliphatic carbocycles. The van der Waals surface area contributed by atoms with Crippen molar-refractivity contribution in [3.63, 3.8) is 0 Å². The van der Waals surface area contributed by atoms with Crippen LogP contribution in [0.25, 0.3) is 0 Å². The lowest BCUT2D eigenvalue weighted by atomic mass is 9.87. The summed E-state index contributed by atoms with van der Waals surface area (Å²) < 4.78 is 0. The molecule has 1 heterocycles. The van der Waals surface area contributed by atoms with Gasteiger partial charge >= 0.3 is 0 Å². The van der Waals surface area contributed by atoms with Gasteiger partial charge in [0, 0.05) is 23.7 Å². The highest BCUT2D eigenvalue weighted by Gasteiger charge is 2.34. The van der Waals surface area contributed by atoms with Crippen LogP contribution in [0.15, 0.2) is 18.2 Å². The molecule has 3 nitrogen and oxygen atoms in total. The lowest BCUT2D eigenvalue weighted by Crippen LogP contribution is -2.56. The van der Waals surface area contributed by atoms with Gasteiger partial charge in [-0.3, -0.25) is 4.90 Å². The number of benzene rings is 1. The van der Waals surface area contributed by atoms with Gasteiger partial charge in [0.15, 0.2) is 0 Å². The third-order valence-corrected chi connectivity index (χ3v) is 4.71. The molecular weight excluding hydrogens is 272 g/mol. The second kappa shape index (κ2) is 6.33. The van der Waals surface area contributed by atoms with Gasteiger partial charge in [-0.1, -0.05) is 18.5 Å². The summed E-state index contributed by atoms with van der Waals surface area (Å²) in [5.41, 5.74) is 6.81. The standard InChI is InChI=1S/C16H25ClN2O/c1-12-4-3-7-19(10-12)16(2,11-18)9-13-8-14(17)5-6-15(13)20/h5-6,8,12,20H,3-4,7,9-11,18H2,1-2H3. The topological polar surface area (TPSA) is 49.5 Å². The number of nitrogens with zero attached hydrogens (tertiary/aromatic N) is 1. The Morgan fingerprint density at radius 2 is 2.25 bits per heavy atom. The number of aromatic hydroxyl groups is 1. The first-order chi connectivity index (χ1) is 9.44. The summed E-state index contributed by atoms with van der Waals surface area (Å²) in [6.45, 7) is 7.21. The molecule has 4 heteroatoms. The van der Waals surface area contributed by atoms with Gasteiger partial charge in [0.2, 0.25) is 0 Å². The van der Waals surface area contributed by atoms with Gasteiger partial charge in [0.1, 0.15) is 5.75 Å².